The van der Waals surface area contributed by atoms with Crippen molar-refractivity contribution in [3.8, 4) is 11.1 Å². The highest BCUT2D eigenvalue weighted by molar-refractivity contribution is 6.15. The second-order valence-electron chi connectivity index (χ2n) is 12.2. The van der Waals surface area contributed by atoms with E-state index in [0.717, 1.165) is 78.7 Å². The number of hydrogen-bond acceptors (Lipinski definition) is 6. The van der Waals surface area contributed by atoms with Crippen molar-refractivity contribution >= 4 is 28.4 Å². The van der Waals surface area contributed by atoms with E-state index in [1.54, 1.807) is 0 Å². The zero-order valence-electron chi connectivity index (χ0n) is 23.4. The monoisotopic (exact) mass is 551 g/mol. The molecule has 2 amide bonds. The summed E-state index contributed by atoms with van der Waals surface area (Å²) in [6.45, 7) is 4.35. The first-order chi connectivity index (χ1) is 20.0. The van der Waals surface area contributed by atoms with Gasteiger partial charge in [0.2, 0.25) is 5.91 Å². The number of pyridine rings is 1. The van der Waals surface area contributed by atoms with Crippen molar-refractivity contribution in [2.45, 2.75) is 37.6 Å². The molecule has 1 aromatic heterocycles. The Morgan fingerprint density at radius 1 is 0.927 bits per heavy atom. The molecule has 2 saturated heterocycles. The van der Waals surface area contributed by atoms with Gasteiger partial charge in [0.05, 0.1) is 6.61 Å². The van der Waals surface area contributed by atoms with Crippen molar-refractivity contribution in [2.24, 2.45) is 16.8 Å². The van der Waals surface area contributed by atoms with Crippen LogP contribution >= 0.6 is 0 Å². The van der Waals surface area contributed by atoms with Crippen molar-refractivity contribution < 1.29 is 14.7 Å². The van der Waals surface area contributed by atoms with E-state index in [0.29, 0.717) is 31.8 Å². The van der Waals surface area contributed by atoms with Crippen LogP contribution in [0.1, 0.15) is 37.7 Å². The molecule has 41 heavy (non-hydrogen) atoms. The predicted octanol–water partition coefficient (Wildman–Crippen LogP) is 3.58. The van der Waals surface area contributed by atoms with Gasteiger partial charge in [0.25, 0.3) is 5.91 Å². The van der Waals surface area contributed by atoms with E-state index in [-0.39, 0.29) is 24.3 Å². The lowest BCUT2D eigenvalue weighted by Crippen LogP contribution is -2.51. The number of piperidine rings is 1. The molecule has 1 atom stereocenters. The van der Waals surface area contributed by atoms with E-state index in [2.05, 4.69) is 52.3 Å². The number of fused-ring (bicyclic) bond motifs is 1. The molecule has 3 aromatic rings. The highest BCUT2D eigenvalue weighted by atomic mass is 16.3. The maximum absolute atomic E-state index is 14.1. The van der Waals surface area contributed by atoms with Crippen LogP contribution in [0, 0.1) is 11.8 Å². The number of rotatable bonds is 7. The molecule has 1 aliphatic carbocycles. The van der Waals surface area contributed by atoms with Gasteiger partial charge in [0, 0.05) is 68.5 Å². The molecule has 212 valence electrons. The summed E-state index contributed by atoms with van der Waals surface area (Å²) in [7, 11) is 0. The fraction of sp³-hybridized carbons (Fsp3) is 0.455. The Hall–Kier alpha value is -3.62. The quantitative estimate of drug-likeness (QED) is 0.485. The average Bonchev–Trinajstić information content (AvgIpc) is 3.71. The van der Waals surface area contributed by atoms with Gasteiger partial charge in [0.1, 0.15) is 11.4 Å². The molecule has 7 rings (SSSR count). The second kappa shape index (κ2) is 10.7. The molecule has 0 radical (unpaired) electrons. The van der Waals surface area contributed by atoms with Gasteiger partial charge in [-0.05, 0) is 66.7 Å². The van der Waals surface area contributed by atoms with Crippen LogP contribution in [0.5, 0.6) is 0 Å². The highest BCUT2D eigenvalue weighted by Gasteiger charge is 2.50. The van der Waals surface area contributed by atoms with Crippen molar-refractivity contribution in [1.82, 2.24) is 19.7 Å². The molecule has 2 aromatic carbocycles. The summed E-state index contributed by atoms with van der Waals surface area (Å²) in [5, 5.41) is 11.7. The van der Waals surface area contributed by atoms with Crippen molar-refractivity contribution in [3.63, 3.8) is 0 Å². The molecule has 8 nitrogen and oxygen atoms in total. The normalized spacial score (nSPS) is 22.6. The molecule has 4 heterocycles. The summed E-state index contributed by atoms with van der Waals surface area (Å²) in [5.74, 6) is 1.62. The maximum atomic E-state index is 14.1. The highest BCUT2D eigenvalue weighted by Crippen LogP contribution is 2.37. The number of aliphatic hydroxyl groups excluding tert-OH is 1. The fourth-order valence-electron chi connectivity index (χ4n) is 6.76. The van der Waals surface area contributed by atoms with Gasteiger partial charge in [-0.3, -0.25) is 24.5 Å². The molecule has 1 spiro atoms. The first-order valence-electron chi connectivity index (χ1n) is 15.0. The average molecular weight is 552 g/mol. The second-order valence-corrected chi connectivity index (χ2v) is 12.2. The van der Waals surface area contributed by atoms with Crippen LogP contribution in [0.4, 0.5) is 0 Å². The SMILES string of the molecule is O=C(C1CC1)N1CC[C@@H](CN2C(=O)C3(CCN(CCO)CC3)N=C2c2ccc(-c3ccc4cnccc4c3)cc2)C1. The van der Waals surface area contributed by atoms with Crippen molar-refractivity contribution in [1.29, 1.82) is 0 Å². The Kier molecular flexibility index (Phi) is 6.83. The van der Waals surface area contributed by atoms with Gasteiger partial charge in [-0.15, -0.1) is 0 Å². The summed E-state index contributed by atoms with van der Waals surface area (Å²) in [4.78, 5) is 42.4. The number of carbonyl (C=O) groups excluding carboxylic acids is 2. The Balaban J connectivity index is 1.15. The lowest BCUT2D eigenvalue weighted by atomic mass is 9.87. The summed E-state index contributed by atoms with van der Waals surface area (Å²) in [5.41, 5.74) is 2.45. The fourth-order valence-corrected chi connectivity index (χ4v) is 6.76. The van der Waals surface area contributed by atoms with E-state index in [1.165, 1.54) is 0 Å². The van der Waals surface area contributed by atoms with Gasteiger partial charge in [0.15, 0.2) is 0 Å². The van der Waals surface area contributed by atoms with Crippen LogP contribution in [0.25, 0.3) is 21.9 Å². The molecule has 0 unspecified atom stereocenters. The first kappa shape index (κ1) is 26.3. The number of benzene rings is 2. The van der Waals surface area contributed by atoms with E-state index >= 15 is 0 Å². The van der Waals surface area contributed by atoms with E-state index < -0.39 is 5.54 Å². The molecule has 8 heteroatoms. The number of hydrogen-bond donors (Lipinski definition) is 1. The standard InChI is InChI=1S/C33H37N5O3/c39-18-17-36-15-11-33(12-16-36)32(41)38(22-23-10-14-37(21-23)31(40)26-5-6-26)30(35-33)25-3-1-24(2-4-25)27-7-8-29-20-34-13-9-28(29)19-27/h1-4,7-9,13,19-20,23,26,39H,5-6,10-12,14-18,21-22H2/t23-/m1/s1. The minimum absolute atomic E-state index is 0.0929. The van der Waals surface area contributed by atoms with Crippen LogP contribution in [-0.4, -0.2) is 93.9 Å². The molecule has 4 aliphatic rings. The zero-order chi connectivity index (χ0) is 28.0. The first-order valence-corrected chi connectivity index (χ1v) is 15.0. The maximum Gasteiger partial charge on any atom is 0.256 e. The number of β-amino-alcohol motifs (C(OH)–C–C–N with tert-alkyl or cyclic N) is 1. The molecular weight excluding hydrogens is 514 g/mol. The number of aromatic nitrogens is 1. The van der Waals surface area contributed by atoms with Crippen LogP contribution in [0.15, 0.2) is 65.9 Å². The molecule has 3 aliphatic heterocycles. The van der Waals surface area contributed by atoms with Gasteiger partial charge >= 0.3 is 0 Å². The summed E-state index contributed by atoms with van der Waals surface area (Å²) in [6.07, 6.45) is 7.96. The lowest BCUT2D eigenvalue weighted by Gasteiger charge is -2.36. The summed E-state index contributed by atoms with van der Waals surface area (Å²) >= 11 is 0. The zero-order valence-corrected chi connectivity index (χ0v) is 23.4. The largest absolute Gasteiger partial charge is 0.395 e. The van der Waals surface area contributed by atoms with Crippen LogP contribution < -0.4 is 0 Å². The molecule has 3 fully saturated rings. The number of aliphatic hydroxyl groups is 1. The van der Waals surface area contributed by atoms with Crippen LogP contribution in [0.3, 0.4) is 0 Å². The third-order valence-electron chi connectivity index (χ3n) is 9.40. The summed E-state index contributed by atoms with van der Waals surface area (Å²) < 4.78 is 0. The van der Waals surface area contributed by atoms with E-state index in [1.807, 2.05) is 28.3 Å². The van der Waals surface area contributed by atoms with E-state index in [9.17, 15) is 14.7 Å². The van der Waals surface area contributed by atoms with Crippen LogP contribution in [0.2, 0.25) is 0 Å². The van der Waals surface area contributed by atoms with Crippen molar-refractivity contribution in [3.05, 3.63) is 66.5 Å². The molecular formula is C33H37N5O3. The Bertz CT molecular complexity index is 1490. The van der Waals surface area contributed by atoms with Gasteiger partial charge in [-0.2, -0.15) is 0 Å². The Labute approximate surface area is 240 Å². The smallest absolute Gasteiger partial charge is 0.256 e. The lowest BCUT2D eigenvalue weighted by molar-refractivity contribution is -0.133. The third-order valence-corrected chi connectivity index (χ3v) is 9.40. The number of aliphatic imine (C=N–C) groups is 1. The van der Waals surface area contributed by atoms with E-state index in [4.69, 9.17) is 4.99 Å². The molecule has 1 N–H and O–H groups in total. The topological polar surface area (TPSA) is 89.3 Å². The number of likely N-dealkylation sites (tertiary alicyclic amines) is 2. The minimum atomic E-state index is -0.742. The van der Waals surface area contributed by atoms with Gasteiger partial charge in [-0.25, -0.2) is 0 Å². The Morgan fingerprint density at radius 3 is 2.44 bits per heavy atom. The van der Waals surface area contributed by atoms with Gasteiger partial charge < -0.3 is 14.9 Å². The van der Waals surface area contributed by atoms with Crippen molar-refractivity contribution in [2.75, 3.05) is 45.9 Å². The molecule has 1 saturated carbocycles. The number of amides is 2. The van der Waals surface area contributed by atoms with Gasteiger partial charge in [-0.1, -0.05) is 36.4 Å². The number of nitrogens with zero attached hydrogens (tertiary/aromatic N) is 5. The third kappa shape index (κ3) is 5.04. The minimum Gasteiger partial charge on any atom is -0.395 e. The van der Waals surface area contributed by atoms with Crippen LogP contribution in [-0.2, 0) is 9.59 Å². The number of carbonyl (C=O) groups is 2. The Morgan fingerprint density at radius 2 is 1.68 bits per heavy atom. The number of amidine groups is 1. The summed E-state index contributed by atoms with van der Waals surface area (Å²) in [6, 6.07) is 16.8. The predicted molar refractivity (Wildman–Crippen MR) is 158 cm³/mol. The molecule has 0 bridgehead atoms.